The van der Waals surface area contributed by atoms with Crippen molar-refractivity contribution in [1.29, 1.82) is 0 Å². The van der Waals surface area contributed by atoms with E-state index >= 15 is 0 Å². The van der Waals surface area contributed by atoms with Crippen molar-refractivity contribution in [1.82, 2.24) is 4.90 Å². The zero-order valence-electron chi connectivity index (χ0n) is 11.6. The second-order valence-electron chi connectivity index (χ2n) is 4.98. The molecule has 0 aliphatic carbocycles. The summed E-state index contributed by atoms with van der Waals surface area (Å²) in [6.07, 6.45) is 2.41. The van der Waals surface area contributed by atoms with Gasteiger partial charge in [0.2, 0.25) is 11.8 Å². The van der Waals surface area contributed by atoms with Gasteiger partial charge < -0.3 is 9.80 Å². The Labute approximate surface area is 118 Å². The van der Waals surface area contributed by atoms with E-state index in [1.807, 2.05) is 4.90 Å². The average molecular weight is 278 g/mol. The van der Waals surface area contributed by atoms with Crippen molar-refractivity contribution in [2.75, 3.05) is 24.5 Å². The van der Waals surface area contributed by atoms with Crippen LogP contribution in [0.4, 0.5) is 10.1 Å². The molecule has 5 heteroatoms. The molecule has 0 unspecified atom stereocenters. The first-order chi connectivity index (χ1) is 9.58. The summed E-state index contributed by atoms with van der Waals surface area (Å²) in [5, 5.41) is 0. The molecule has 2 rings (SSSR count). The summed E-state index contributed by atoms with van der Waals surface area (Å²) in [4.78, 5) is 27.0. The predicted molar refractivity (Wildman–Crippen MR) is 74.9 cm³/mol. The lowest BCUT2D eigenvalue weighted by molar-refractivity contribution is -0.129. The molecule has 1 fully saturated rings. The summed E-state index contributed by atoms with van der Waals surface area (Å²) in [5.74, 6) is -0.410. The summed E-state index contributed by atoms with van der Waals surface area (Å²) in [6.45, 7) is 3.41. The molecule has 1 aliphatic rings. The second-order valence-corrected chi connectivity index (χ2v) is 4.98. The van der Waals surface area contributed by atoms with Crippen LogP contribution < -0.4 is 4.90 Å². The number of rotatable bonds is 4. The number of halogens is 1. The van der Waals surface area contributed by atoms with Gasteiger partial charge in [0.15, 0.2) is 0 Å². The third-order valence-corrected chi connectivity index (χ3v) is 3.53. The Morgan fingerprint density at radius 2 is 1.80 bits per heavy atom. The minimum atomic E-state index is -0.342. The number of anilines is 1. The van der Waals surface area contributed by atoms with Gasteiger partial charge in [-0.15, -0.1) is 0 Å². The molecular weight excluding hydrogens is 259 g/mol. The van der Waals surface area contributed by atoms with Gasteiger partial charge in [0, 0.05) is 38.7 Å². The van der Waals surface area contributed by atoms with Crippen LogP contribution in [-0.4, -0.2) is 36.3 Å². The lowest BCUT2D eigenvalue weighted by Crippen LogP contribution is -2.35. The quantitative estimate of drug-likeness (QED) is 0.847. The Morgan fingerprint density at radius 3 is 2.35 bits per heavy atom. The molecule has 1 aromatic carbocycles. The minimum absolute atomic E-state index is 0.0795. The maximum atomic E-state index is 12.9. The molecule has 0 saturated carbocycles. The van der Waals surface area contributed by atoms with E-state index in [2.05, 4.69) is 0 Å². The predicted octanol–water partition coefficient (Wildman–Crippen LogP) is 2.19. The summed E-state index contributed by atoms with van der Waals surface area (Å²) in [5.41, 5.74) is 0.619. The van der Waals surface area contributed by atoms with Gasteiger partial charge in [0.05, 0.1) is 0 Å². The number of hydrogen-bond donors (Lipinski definition) is 0. The van der Waals surface area contributed by atoms with Crippen LogP contribution in [0.15, 0.2) is 24.3 Å². The van der Waals surface area contributed by atoms with Gasteiger partial charge in [-0.25, -0.2) is 4.39 Å². The number of nitrogens with zero attached hydrogens (tertiary/aromatic N) is 2. The Hall–Kier alpha value is -1.91. The lowest BCUT2D eigenvalue weighted by atomic mass is 10.2. The van der Waals surface area contributed by atoms with E-state index < -0.39 is 0 Å². The number of benzene rings is 1. The first-order valence-electron chi connectivity index (χ1n) is 6.89. The zero-order valence-corrected chi connectivity index (χ0v) is 11.6. The monoisotopic (exact) mass is 278 g/mol. The van der Waals surface area contributed by atoms with E-state index in [1.54, 1.807) is 12.1 Å². The van der Waals surface area contributed by atoms with Crippen LogP contribution >= 0.6 is 0 Å². The molecule has 0 radical (unpaired) electrons. The molecule has 4 nitrogen and oxygen atoms in total. The maximum absolute atomic E-state index is 12.9. The third kappa shape index (κ3) is 3.56. The van der Waals surface area contributed by atoms with Crippen molar-refractivity contribution in [3.05, 3.63) is 30.1 Å². The third-order valence-electron chi connectivity index (χ3n) is 3.53. The fourth-order valence-electron chi connectivity index (χ4n) is 2.42. The normalized spacial score (nSPS) is 14.4. The molecule has 108 valence electrons. The number of carbonyl (C=O) groups excluding carboxylic acids is 2. The molecule has 0 atom stereocenters. The summed E-state index contributed by atoms with van der Waals surface area (Å²) < 4.78 is 12.9. The van der Waals surface area contributed by atoms with Crippen LogP contribution in [0.3, 0.4) is 0 Å². The van der Waals surface area contributed by atoms with Crippen LogP contribution in [-0.2, 0) is 9.59 Å². The summed E-state index contributed by atoms with van der Waals surface area (Å²) in [6, 6.07) is 5.73. The van der Waals surface area contributed by atoms with Crippen LogP contribution in [0, 0.1) is 5.82 Å². The van der Waals surface area contributed by atoms with Crippen LogP contribution in [0.5, 0.6) is 0 Å². The highest BCUT2D eigenvalue weighted by Crippen LogP contribution is 2.16. The number of likely N-dealkylation sites (tertiary alicyclic amines) is 1. The molecule has 1 aromatic rings. The fraction of sp³-hybridized carbons (Fsp3) is 0.467. The number of carbonyl (C=O) groups is 2. The van der Waals surface area contributed by atoms with Crippen molar-refractivity contribution >= 4 is 17.5 Å². The molecule has 0 N–H and O–H groups in total. The second kappa shape index (κ2) is 6.50. The van der Waals surface area contributed by atoms with Gasteiger partial charge in [-0.1, -0.05) is 0 Å². The molecular formula is C15H19FN2O2. The van der Waals surface area contributed by atoms with E-state index in [9.17, 15) is 14.0 Å². The molecule has 0 aromatic heterocycles. The molecule has 2 amide bonds. The average Bonchev–Trinajstić information content (AvgIpc) is 2.94. The Balaban J connectivity index is 1.97. The smallest absolute Gasteiger partial charge is 0.224 e. The van der Waals surface area contributed by atoms with Gasteiger partial charge in [-0.3, -0.25) is 9.59 Å². The van der Waals surface area contributed by atoms with E-state index in [-0.39, 0.29) is 17.6 Å². The molecule has 1 saturated heterocycles. The largest absolute Gasteiger partial charge is 0.343 e. The van der Waals surface area contributed by atoms with Gasteiger partial charge in [0.25, 0.3) is 0 Å². The van der Waals surface area contributed by atoms with Crippen LogP contribution in [0.2, 0.25) is 0 Å². The molecule has 1 heterocycles. The number of amides is 2. The fourth-order valence-corrected chi connectivity index (χ4v) is 2.42. The summed E-state index contributed by atoms with van der Waals surface area (Å²) in [7, 11) is 0. The maximum Gasteiger partial charge on any atom is 0.224 e. The minimum Gasteiger partial charge on any atom is -0.343 e. The highest BCUT2D eigenvalue weighted by atomic mass is 19.1. The van der Waals surface area contributed by atoms with Crippen molar-refractivity contribution in [2.24, 2.45) is 0 Å². The highest BCUT2D eigenvalue weighted by molar-refractivity contribution is 5.92. The van der Waals surface area contributed by atoms with Crippen LogP contribution in [0.1, 0.15) is 26.2 Å². The Bertz CT molecular complexity index is 481. The van der Waals surface area contributed by atoms with Crippen molar-refractivity contribution in [2.45, 2.75) is 26.2 Å². The molecule has 20 heavy (non-hydrogen) atoms. The van der Waals surface area contributed by atoms with Gasteiger partial charge >= 0.3 is 0 Å². The molecule has 1 aliphatic heterocycles. The zero-order chi connectivity index (χ0) is 14.5. The Morgan fingerprint density at radius 1 is 1.20 bits per heavy atom. The first-order valence-corrected chi connectivity index (χ1v) is 6.89. The first kappa shape index (κ1) is 14.5. The summed E-state index contributed by atoms with van der Waals surface area (Å²) >= 11 is 0. The topological polar surface area (TPSA) is 40.6 Å². The van der Waals surface area contributed by atoms with E-state index in [4.69, 9.17) is 0 Å². The van der Waals surface area contributed by atoms with Crippen LogP contribution in [0.25, 0.3) is 0 Å². The van der Waals surface area contributed by atoms with E-state index in [0.29, 0.717) is 18.7 Å². The van der Waals surface area contributed by atoms with Crippen molar-refractivity contribution < 1.29 is 14.0 Å². The molecule has 0 spiro atoms. The van der Waals surface area contributed by atoms with Gasteiger partial charge in [-0.05, 0) is 37.1 Å². The SMILES string of the molecule is CC(=O)N(CCC(=O)N1CCCC1)c1ccc(F)cc1. The van der Waals surface area contributed by atoms with Crippen molar-refractivity contribution in [3.63, 3.8) is 0 Å². The Kier molecular flexibility index (Phi) is 4.71. The number of hydrogen-bond acceptors (Lipinski definition) is 2. The van der Waals surface area contributed by atoms with Gasteiger partial charge in [-0.2, -0.15) is 0 Å². The van der Waals surface area contributed by atoms with Crippen molar-refractivity contribution in [3.8, 4) is 0 Å². The van der Waals surface area contributed by atoms with Gasteiger partial charge in [0.1, 0.15) is 5.82 Å². The van der Waals surface area contributed by atoms with E-state index in [1.165, 1.54) is 24.0 Å². The highest BCUT2D eigenvalue weighted by Gasteiger charge is 2.19. The standard InChI is InChI=1S/C15H19FN2O2/c1-12(19)18(14-6-4-13(16)5-7-14)11-8-15(20)17-9-2-3-10-17/h4-7H,2-3,8-11H2,1H3. The molecule has 0 bridgehead atoms. The lowest BCUT2D eigenvalue weighted by Gasteiger charge is -2.22. The van der Waals surface area contributed by atoms with E-state index in [0.717, 1.165) is 25.9 Å².